The van der Waals surface area contributed by atoms with Crippen molar-refractivity contribution >= 4 is 0 Å². The van der Waals surface area contributed by atoms with E-state index in [1.807, 2.05) is 0 Å². The molecule has 1 aliphatic heterocycles. The lowest BCUT2D eigenvalue weighted by Gasteiger charge is -2.32. The Bertz CT molecular complexity index is 429. The fourth-order valence-electron chi connectivity index (χ4n) is 2.24. The van der Waals surface area contributed by atoms with Crippen molar-refractivity contribution in [3.63, 3.8) is 0 Å². The number of piperidine rings is 1. The second-order valence-corrected chi connectivity index (χ2v) is 4.41. The number of benzene rings is 1. The van der Waals surface area contributed by atoms with Gasteiger partial charge in [-0.25, -0.2) is 8.78 Å². The highest BCUT2D eigenvalue weighted by atomic mass is 19.4. The van der Waals surface area contributed by atoms with E-state index in [1.54, 1.807) is 0 Å². The van der Waals surface area contributed by atoms with Gasteiger partial charge in [-0.3, -0.25) is 0 Å². The summed E-state index contributed by atoms with van der Waals surface area (Å²) in [6, 6.07) is 2.77. The molecule has 18 heavy (non-hydrogen) atoms. The Balaban J connectivity index is 2.21. The number of alkyl halides is 3. The molecule has 1 fully saturated rings. The Kier molecular flexibility index (Phi) is 3.56. The van der Waals surface area contributed by atoms with E-state index >= 15 is 0 Å². The summed E-state index contributed by atoms with van der Waals surface area (Å²) in [5.74, 6) is -3.58. The van der Waals surface area contributed by atoms with E-state index in [2.05, 4.69) is 5.32 Å². The maximum absolute atomic E-state index is 13.5. The highest BCUT2D eigenvalue weighted by molar-refractivity contribution is 5.23. The van der Waals surface area contributed by atoms with E-state index in [9.17, 15) is 22.0 Å². The highest BCUT2D eigenvalue weighted by Gasteiger charge is 2.42. The van der Waals surface area contributed by atoms with E-state index in [0.717, 1.165) is 6.07 Å². The Morgan fingerprint density at radius 1 is 1.17 bits per heavy atom. The van der Waals surface area contributed by atoms with Crippen LogP contribution in [0.1, 0.15) is 24.4 Å². The Hall–Kier alpha value is -1.17. The molecule has 0 amide bonds. The van der Waals surface area contributed by atoms with E-state index < -0.39 is 29.8 Å². The summed E-state index contributed by atoms with van der Waals surface area (Å²) in [5, 5.41) is 2.80. The van der Waals surface area contributed by atoms with Crippen LogP contribution in [0, 0.1) is 17.6 Å². The number of hydrogen-bond acceptors (Lipinski definition) is 1. The molecule has 100 valence electrons. The van der Waals surface area contributed by atoms with E-state index in [0.29, 0.717) is 0 Å². The van der Waals surface area contributed by atoms with Crippen molar-refractivity contribution in [3.8, 4) is 0 Å². The molecule has 0 radical (unpaired) electrons. The van der Waals surface area contributed by atoms with Gasteiger partial charge in [0.25, 0.3) is 0 Å². The fourth-order valence-corrected chi connectivity index (χ4v) is 2.24. The number of hydrogen-bond donors (Lipinski definition) is 1. The van der Waals surface area contributed by atoms with Gasteiger partial charge >= 0.3 is 6.18 Å². The highest BCUT2D eigenvalue weighted by Crippen LogP contribution is 2.38. The molecular weight excluding hydrogens is 253 g/mol. The molecule has 0 aliphatic carbocycles. The third-order valence-electron chi connectivity index (χ3n) is 3.22. The molecule has 0 aromatic heterocycles. The lowest BCUT2D eigenvalue weighted by atomic mass is 9.88. The molecule has 2 rings (SSSR count). The average Bonchev–Trinajstić information content (AvgIpc) is 2.32. The van der Waals surface area contributed by atoms with Gasteiger partial charge in [0, 0.05) is 11.6 Å². The van der Waals surface area contributed by atoms with Crippen LogP contribution < -0.4 is 5.32 Å². The van der Waals surface area contributed by atoms with Crippen LogP contribution in [0.4, 0.5) is 22.0 Å². The lowest BCUT2D eigenvalue weighted by molar-refractivity contribution is -0.183. The zero-order valence-electron chi connectivity index (χ0n) is 9.40. The molecule has 1 heterocycles. The number of rotatable bonds is 1. The third kappa shape index (κ3) is 2.63. The lowest BCUT2D eigenvalue weighted by Crippen LogP contribution is -2.38. The molecule has 2 unspecified atom stereocenters. The molecule has 0 spiro atoms. The Morgan fingerprint density at radius 3 is 2.56 bits per heavy atom. The minimum Gasteiger partial charge on any atom is -0.310 e. The smallest absolute Gasteiger partial charge is 0.310 e. The first-order valence-corrected chi connectivity index (χ1v) is 5.63. The van der Waals surface area contributed by atoms with Gasteiger partial charge in [-0.15, -0.1) is 0 Å². The molecule has 6 heteroatoms. The summed E-state index contributed by atoms with van der Waals surface area (Å²) >= 11 is 0. The zero-order valence-corrected chi connectivity index (χ0v) is 9.40. The first kappa shape index (κ1) is 13.3. The zero-order chi connectivity index (χ0) is 13.3. The van der Waals surface area contributed by atoms with Crippen molar-refractivity contribution in [1.82, 2.24) is 5.32 Å². The van der Waals surface area contributed by atoms with Gasteiger partial charge < -0.3 is 5.32 Å². The SMILES string of the molecule is Fc1cccc(C2CC(C(F)(F)F)CCN2)c1F. The summed E-state index contributed by atoms with van der Waals surface area (Å²) in [6.45, 7) is 0.144. The van der Waals surface area contributed by atoms with Crippen molar-refractivity contribution in [2.75, 3.05) is 6.54 Å². The van der Waals surface area contributed by atoms with Gasteiger partial charge in [0.1, 0.15) is 0 Å². The van der Waals surface area contributed by atoms with Gasteiger partial charge in [-0.1, -0.05) is 12.1 Å². The predicted molar refractivity (Wildman–Crippen MR) is 55.9 cm³/mol. The summed E-state index contributed by atoms with van der Waals surface area (Å²) in [4.78, 5) is 0. The molecule has 1 aromatic rings. The fraction of sp³-hybridized carbons (Fsp3) is 0.500. The van der Waals surface area contributed by atoms with Gasteiger partial charge in [-0.05, 0) is 25.5 Å². The average molecular weight is 265 g/mol. The first-order valence-electron chi connectivity index (χ1n) is 5.63. The van der Waals surface area contributed by atoms with Crippen molar-refractivity contribution in [1.29, 1.82) is 0 Å². The third-order valence-corrected chi connectivity index (χ3v) is 3.22. The van der Waals surface area contributed by atoms with Crippen molar-refractivity contribution in [2.24, 2.45) is 5.92 Å². The van der Waals surface area contributed by atoms with Crippen LogP contribution in [-0.4, -0.2) is 12.7 Å². The van der Waals surface area contributed by atoms with E-state index in [4.69, 9.17) is 0 Å². The minimum atomic E-state index is -4.29. The second-order valence-electron chi connectivity index (χ2n) is 4.41. The predicted octanol–water partition coefficient (Wildman–Crippen LogP) is 3.57. The largest absolute Gasteiger partial charge is 0.391 e. The van der Waals surface area contributed by atoms with Crippen LogP contribution in [-0.2, 0) is 0 Å². The molecular formula is C12H12F5N. The monoisotopic (exact) mass is 265 g/mol. The van der Waals surface area contributed by atoms with Gasteiger partial charge in [-0.2, -0.15) is 13.2 Å². The van der Waals surface area contributed by atoms with Crippen molar-refractivity contribution in [2.45, 2.75) is 25.1 Å². The minimum absolute atomic E-state index is 0.0308. The molecule has 1 nitrogen and oxygen atoms in total. The summed E-state index contributed by atoms with van der Waals surface area (Å²) in [6.07, 6.45) is -4.58. The standard InChI is InChI=1S/C12H12F5N/c13-9-3-1-2-8(11(9)14)10-6-7(4-5-18-10)12(15,16)17/h1-3,7,10,18H,4-6H2. The van der Waals surface area contributed by atoms with Gasteiger partial charge in [0.15, 0.2) is 11.6 Å². The van der Waals surface area contributed by atoms with Crippen LogP contribution in [0.5, 0.6) is 0 Å². The molecule has 1 aliphatic rings. The molecule has 0 bridgehead atoms. The normalized spacial score (nSPS) is 25.2. The quantitative estimate of drug-likeness (QED) is 0.765. The summed E-state index contributed by atoms with van der Waals surface area (Å²) in [5.41, 5.74) is -0.0380. The topological polar surface area (TPSA) is 12.0 Å². The molecule has 1 N–H and O–H groups in total. The van der Waals surface area contributed by atoms with Crippen LogP contribution in [0.3, 0.4) is 0 Å². The van der Waals surface area contributed by atoms with Gasteiger partial charge in [0.05, 0.1) is 5.92 Å². The number of halogens is 5. The van der Waals surface area contributed by atoms with Crippen LogP contribution in [0.15, 0.2) is 18.2 Å². The molecule has 1 aromatic carbocycles. The number of nitrogens with one attached hydrogen (secondary N) is 1. The Morgan fingerprint density at radius 2 is 1.89 bits per heavy atom. The molecule has 1 saturated heterocycles. The summed E-state index contributed by atoms with van der Waals surface area (Å²) in [7, 11) is 0. The van der Waals surface area contributed by atoms with Crippen molar-refractivity contribution in [3.05, 3.63) is 35.4 Å². The van der Waals surface area contributed by atoms with E-state index in [-0.39, 0.29) is 24.9 Å². The van der Waals surface area contributed by atoms with Gasteiger partial charge in [0.2, 0.25) is 0 Å². The second kappa shape index (κ2) is 4.84. The maximum Gasteiger partial charge on any atom is 0.391 e. The van der Waals surface area contributed by atoms with Crippen LogP contribution in [0.2, 0.25) is 0 Å². The van der Waals surface area contributed by atoms with Crippen LogP contribution in [0.25, 0.3) is 0 Å². The first-order chi connectivity index (χ1) is 8.39. The molecule has 0 saturated carbocycles. The molecule has 2 atom stereocenters. The van der Waals surface area contributed by atoms with Crippen molar-refractivity contribution < 1.29 is 22.0 Å². The Labute approximate surface area is 101 Å². The summed E-state index contributed by atoms with van der Waals surface area (Å²) < 4.78 is 64.4. The van der Waals surface area contributed by atoms with Crippen LogP contribution >= 0.6 is 0 Å². The van der Waals surface area contributed by atoms with E-state index in [1.165, 1.54) is 12.1 Å². The maximum atomic E-state index is 13.5.